The van der Waals surface area contributed by atoms with Gasteiger partial charge in [-0.3, -0.25) is 14.2 Å². The minimum absolute atomic E-state index is 0.0604. The highest BCUT2D eigenvalue weighted by Crippen LogP contribution is 2.21. The summed E-state index contributed by atoms with van der Waals surface area (Å²) < 4.78 is 2.42. The van der Waals surface area contributed by atoms with E-state index in [9.17, 15) is 9.59 Å². The first kappa shape index (κ1) is 21.0. The van der Waals surface area contributed by atoms with E-state index in [0.29, 0.717) is 21.7 Å². The first-order valence-electron chi connectivity index (χ1n) is 9.40. The van der Waals surface area contributed by atoms with Crippen LogP contribution in [0, 0.1) is 0 Å². The third-order valence-corrected chi connectivity index (χ3v) is 6.05. The fourth-order valence-electron chi connectivity index (χ4n) is 2.93. The largest absolute Gasteiger partial charge is 0.272 e. The Hall–Kier alpha value is -3.23. The highest BCUT2D eigenvalue weighted by atomic mass is 79.9. The summed E-state index contributed by atoms with van der Waals surface area (Å²) in [6.07, 6.45) is 1.57. The zero-order valence-electron chi connectivity index (χ0n) is 16.2. The Morgan fingerprint density at radius 3 is 2.55 bits per heavy atom. The molecule has 1 N–H and O–H groups in total. The predicted molar refractivity (Wildman–Crippen MR) is 128 cm³/mol. The van der Waals surface area contributed by atoms with Crippen LogP contribution in [0.4, 0.5) is 0 Å². The fraction of sp³-hybridized carbons (Fsp3) is 0.0435. The zero-order chi connectivity index (χ0) is 21.6. The molecule has 0 spiro atoms. The maximum Gasteiger partial charge on any atom is 0.266 e. The standard InChI is InChI=1S/C23H17BrN4O2S/c24-19-12-6-4-8-16(19)14-25-27-21(29)15-31-23-26-20-13-7-5-11-18(20)22(30)28(23)17-9-2-1-3-10-17/h1-14H,15H2,(H,27,29)/b25-14+. The molecule has 0 atom stereocenters. The lowest BCUT2D eigenvalue weighted by Gasteiger charge is -2.12. The molecule has 0 unspecified atom stereocenters. The molecular weight excluding hydrogens is 476 g/mol. The molecule has 4 rings (SSSR count). The van der Waals surface area contributed by atoms with Crippen LogP contribution in [0.5, 0.6) is 0 Å². The van der Waals surface area contributed by atoms with Crippen LogP contribution >= 0.6 is 27.7 Å². The van der Waals surface area contributed by atoms with Crippen LogP contribution in [-0.4, -0.2) is 27.4 Å². The number of amides is 1. The van der Waals surface area contributed by atoms with Gasteiger partial charge >= 0.3 is 0 Å². The molecule has 0 fully saturated rings. The summed E-state index contributed by atoms with van der Waals surface area (Å²) in [5.41, 5.74) is 4.48. The zero-order valence-corrected chi connectivity index (χ0v) is 18.6. The molecule has 31 heavy (non-hydrogen) atoms. The van der Waals surface area contributed by atoms with Crippen molar-refractivity contribution in [3.05, 3.63) is 99.3 Å². The second-order valence-corrected chi connectivity index (χ2v) is 8.29. The third kappa shape index (κ3) is 4.92. The van der Waals surface area contributed by atoms with Gasteiger partial charge < -0.3 is 0 Å². The van der Waals surface area contributed by atoms with Crippen LogP contribution in [-0.2, 0) is 4.79 Å². The molecule has 0 radical (unpaired) electrons. The maximum absolute atomic E-state index is 13.1. The minimum Gasteiger partial charge on any atom is -0.272 e. The van der Waals surface area contributed by atoms with Crippen LogP contribution in [0.2, 0.25) is 0 Å². The second kappa shape index (κ2) is 9.72. The lowest BCUT2D eigenvalue weighted by atomic mass is 10.2. The van der Waals surface area contributed by atoms with Crippen molar-refractivity contribution < 1.29 is 4.79 Å². The summed E-state index contributed by atoms with van der Waals surface area (Å²) >= 11 is 4.62. The number of carbonyl (C=O) groups is 1. The number of halogens is 1. The minimum atomic E-state index is -0.296. The molecule has 0 saturated carbocycles. The van der Waals surface area contributed by atoms with Gasteiger partial charge in [-0.05, 0) is 30.3 Å². The average molecular weight is 493 g/mol. The van der Waals surface area contributed by atoms with Crippen molar-refractivity contribution in [1.29, 1.82) is 0 Å². The van der Waals surface area contributed by atoms with Gasteiger partial charge in [-0.1, -0.05) is 76.2 Å². The van der Waals surface area contributed by atoms with E-state index in [1.807, 2.05) is 66.7 Å². The molecule has 4 aromatic rings. The van der Waals surface area contributed by atoms with E-state index in [0.717, 1.165) is 10.0 Å². The Labute approximate surface area is 191 Å². The molecule has 0 aliphatic carbocycles. The van der Waals surface area contributed by atoms with Crippen molar-refractivity contribution in [2.75, 3.05) is 5.75 Å². The SMILES string of the molecule is O=C(CSc1nc2ccccc2c(=O)n1-c1ccccc1)N/N=C/c1ccccc1Br. The fourth-order valence-corrected chi connectivity index (χ4v) is 4.12. The number of hydrazone groups is 1. The van der Waals surface area contributed by atoms with Crippen LogP contribution < -0.4 is 11.0 Å². The predicted octanol–water partition coefficient (Wildman–Crippen LogP) is 4.39. The molecular formula is C23H17BrN4O2S. The highest BCUT2D eigenvalue weighted by molar-refractivity contribution is 9.10. The van der Waals surface area contributed by atoms with Gasteiger partial charge in [-0.15, -0.1) is 0 Å². The molecule has 1 heterocycles. The molecule has 0 saturated heterocycles. The van der Waals surface area contributed by atoms with E-state index in [1.165, 1.54) is 16.3 Å². The summed E-state index contributed by atoms with van der Waals surface area (Å²) in [6, 6.07) is 24.0. The van der Waals surface area contributed by atoms with Gasteiger partial charge in [0.05, 0.1) is 28.6 Å². The van der Waals surface area contributed by atoms with Gasteiger partial charge in [0.1, 0.15) is 0 Å². The van der Waals surface area contributed by atoms with Crippen LogP contribution in [0.15, 0.2) is 98.4 Å². The Morgan fingerprint density at radius 2 is 1.74 bits per heavy atom. The number of nitrogens with zero attached hydrogens (tertiary/aromatic N) is 3. The van der Waals surface area contributed by atoms with E-state index >= 15 is 0 Å². The van der Waals surface area contributed by atoms with Crippen molar-refractivity contribution in [1.82, 2.24) is 15.0 Å². The summed E-state index contributed by atoms with van der Waals surface area (Å²) in [4.78, 5) is 30.1. The van der Waals surface area contributed by atoms with Crippen LogP contribution in [0.1, 0.15) is 5.56 Å². The topological polar surface area (TPSA) is 76.3 Å². The summed E-state index contributed by atoms with van der Waals surface area (Å²) in [6.45, 7) is 0. The van der Waals surface area contributed by atoms with E-state index in [4.69, 9.17) is 0 Å². The van der Waals surface area contributed by atoms with Crippen LogP contribution in [0.25, 0.3) is 16.6 Å². The Morgan fingerprint density at radius 1 is 1.03 bits per heavy atom. The normalized spacial score (nSPS) is 11.1. The molecule has 1 aromatic heterocycles. The van der Waals surface area contributed by atoms with Crippen molar-refractivity contribution in [3.63, 3.8) is 0 Å². The lowest BCUT2D eigenvalue weighted by molar-refractivity contribution is -0.118. The maximum atomic E-state index is 13.1. The number of thioether (sulfide) groups is 1. The van der Waals surface area contributed by atoms with Gasteiger partial charge in [-0.25, -0.2) is 10.4 Å². The van der Waals surface area contributed by atoms with Crippen molar-refractivity contribution >= 4 is 50.7 Å². The van der Waals surface area contributed by atoms with Gasteiger partial charge in [0.15, 0.2) is 5.16 Å². The number of nitrogens with one attached hydrogen (secondary N) is 1. The number of aromatic nitrogens is 2. The number of fused-ring (bicyclic) bond motifs is 1. The number of rotatable bonds is 6. The first-order chi connectivity index (χ1) is 15.1. The third-order valence-electron chi connectivity index (χ3n) is 4.39. The molecule has 8 heteroatoms. The lowest BCUT2D eigenvalue weighted by Crippen LogP contribution is -2.24. The average Bonchev–Trinajstić information content (AvgIpc) is 2.80. The summed E-state index contributed by atoms with van der Waals surface area (Å²) in [7, 11) is 0. The van der Waals surface area contributed by atoms with Gasteiger partial charge in [0.25, 0.3) is 11.5 Å². The molecule has 3 aromatic carbocycles. The van der Waals surface area contributed by atoms with Crippen LogP contribution in [0.3, 0.4) is 0 Å². The monoisotopic (exact) mass is 492 g/mol. The highest BCUT2D eigenvalue weighted by Gasteiger charge is 2.14. The molecule has 0 aliphatic heterocycles. The molecule has 0 aliphatic rings. The van der Waals surface area contributed by atoms with E-state index in [2.05, 4.69) is 31.4 Å². The van der Waals surface area contributed by atoms with Gasteiger partial charge in [0.2, 0.25) is 0 Å². The van der Waals surface area contributed by atoms with E-state index in [-0.39, 0.29) is 17.2 Å². The Balaban J connectivity index is 1.56. The number of benzene rings is 3. The second-order valence-electron chi connectivity index (χ2n) is 6.49. The van der Waals surface area contributed by atoms with E-state index < -0.39 is 0 Å². The first-order valence-corrected chi connectivity index (χ1v) is 11.2. The molecule has 0 bridgehead atoms. The Kier molecular flexibility index (Phi) is 6.59. The molecule has 154 valence electrons. The smallest absolute Gasteiger partial charge is 0.266 e. The number of hydrogen-bond donors (Lipinski definition) is 1. The van der Waals surface area contributed by atoms with Gasteiger partial charge in [0, 0.05) is 10.0 Å². The number of para-hydroxylation sites is 2. The molecule has 6 nitrogen and oxygen atoms in total. The van der Waals surface area contributed by atoms with E-state index in [1.54, 1.807) is 18.3 Å². The summed E-state index contributed by atoms with van der Waals surface area (Å²) in [5.74, 6) is -0.236. The molecule has 1 amide bonds. The number of carbonyl (C=O) groups excluding carboxylic acids is 1. The van der Waals surface area contributed by atoms with Crippen molar-refractivity contribution in [3.8, 4) is 5.69 Å². The van der Waals surface area contributed by atoms with Gasteiger partial charge in [-0.2, -0.15) is 5.10 Å². The quantitative estimate of drug-likeness (QED) is 0.187. The van der Waals surface area contributed by atoms with Crippen molar-refractivity contribution in [2.24, 2.45) is 5.10 Å². The summed E-state index contributed by atoms with van der Waals surface area (Å²) in [5, 5.41) is 4.98. The van der Waals surface area contributed by atoms with Crippen molar-refractivity contribution in [2.45, 2.75) is 5.16 Å². The number of hydrogen-bond acceptors (Lipinski definition) is 5. The Bertz CT molecular complexity index is 1320.